The Kier molecular flexibility index (Phi) is 5.71. The highest BCUT2D eigenvalue weighted by Crippen LogP contribution is 2.25. The minimum Gasteiger partial charge on any atom is -0.482 e. The van der Waals surface area contributed by atoms with E-state index in [0.29, 0.717) is 0 Å². The second-order valence-corrected chi connectivity index (χ2v) is 6.38. The van der Waals surface area contributed by atoms with Crippen molar-refractivity contribution in [3.05, 3.63) is 71.5 Å². The zero-order valence-electron chi connectivity index (χ0n) is 14.8. The van der Waals surface area contributed by atoms with Crippen LogP contribution in [0.2, 0.25) is 5.02 Å². The van der Waals surface area contributed by atoms with Gasteiger partial charge in [-0.05, 0) is 42.8 Å². The Bertz CT molecular complexity index is 916. The van der Waals surface area contributed by atoms with Gasteiger partial charge in [-0.2, -0.15) is 5.10 Å². The van der Waals surface area contributed by atoms with Crippen molar-refractivity contribution in [2.24, 2.45) is 0 Å². The van der Waals surface area contributed by atoms with Crippen molar-refractivity contribution in [2.45, 2.75) is 13.0 Å². The van der Waals surface area contributed by atoms with Gasteiger partial charge in [-0.15, -0.1) is 0 Å². The average molecular weight is 389 g/mol. The highest BCUT2D eigenvalue weighted by Gasteiger charge is 2.18. The van der Waals surface area contributed by atoms with Crippen LogP contribution in [0.3, 0.4) is 0 Å². The summed E-state index contributed by atoms with van der Waals surface area (Å²) in [6.07, 6.45) is 3.09. The molecule has 140 valence electrons. The Balaban J connectivity index is 1.62. The van der Waals surface area contributed by atoms with Gasteiger partial charge in [0.2, 0.25) is 0 Å². The lowest BCUT2D eigenvalue weighted by Crippen LogP contribution is -2.33. The van der Waals surface area contributed by atoms with Crippen molar-refractivity contribution < 1.29 is 13.9 Å². The topological polar surface area (TPSA) is 60.2 Å². The molecule has 1 atom stereocenters. The predicted molar refractivity (Wildman–Crippen MR) is 99.4 cm³/mol. The number of ether oxygens (including phenoxy) is 1. The van der Waals surface area contributed by atoms with Gasteiger partial charge in [0.15, 0.2) is 6.61 Å². The van der Waals surface area contributed by atoms with Gasteiger partial charge in [-0.1, -0.05) is 23.7 Å². The summed E-state index contributed by atoms with van der Waals surface area (Å²) in [6, 6.07) is 11.3. The number of amides is 1. The predicted octanol–water partition coefficient (Wildman–Crippen LogP) is 3.66. The maximum Gasteiger partial charge on any atom is 0.260 e. The molecular formula is C19H18ClFN4O2. The molecule has 0 fully saturated rings. The fourth-order valence-corrected chi connectivity index (χ4v) is 2.74. The lowest BCUT2D eigenvalue weighted by atomic mass is 10.1. The number of likely N-dealkylation sites (N-methyl/N-ethyl adjacent to an activating group) is 1. The second kappa shape index (κ2) is 8.18. The average Bonchev–Trinajstić information content (AvgIpc) is 3.21. The van der Waals surface area contributed by atoms with Crippen LogP contribution in [-0.2, 0) is 4.79 Å². The molecule has 1 aromatic heterocycles. The third kappa shape index (κ3) is 4.43. The van der Waals surface area contributed by atoms with E-state index in [1.807, 2.05) is 31.2 Å². The van der Waals surface area contributed by atoms with E-state index >= 15 is 0 Å². The van der Waals surface area contributed by atoms with Gasteiger partial charge in [-0.25, -0.2) is 14.1 Å². The molecule has 8 heteroatoms. The van der Waals surface area contributed by atoms with E-state index in [0.717, 1.165) is 17.3 Å². The molecule has 0 bridgehead atoms. The molecule has 0 spiro atoms. The first kappa shape index (κ1) is 18.8. The van der Waals surface area contributed by atoms with Gasteiger partial charge in [0.05, 0.1) is 16.8 Å². The number of benzene rings is 2. The Morgan fingerprint density at radius 2 is 2.04 bits per heavy atom. The Morgan fingerprint density at radius 3 is 2.67 bits per heavy atom. The van der Waals surface area contributed by atoms with Gasteiger partial charge < -0.3 is 9.64 Å². The fraction of sp³-hybridized carbons (Fsp3) is 0.211. The molecule has 0 N–H and O–H groups in total. The zero-order chi connectivity index (χ0) is 19.4. The van der Waals surface area contributed by atoms with Crippen molar-refractivity contribution in [3.63, 3.8) is 0 Å². The molecule has 0 radical (unpaired) electrons. The van der Waals surface area contributed by atoms with Crippen LogP contribution >= 0.6 is 11.6 Å². The molecule has 6 nitrogen and oxygen atoms in total. The third-order valence-corrected chi connectivity index (χ3v) is 4.57. The summed E-state index contributed by atoms with van der Waals surface area (Å²) in [5.74, 6) is -0.411. The lowest BCUT2D eigenvalue weighted by Gasteiger charge is -2.25. The molecule has 0 saturated heterocycles. The molecule has 1 amide bonds. The van der Waals surface area contributed by atoms with Crippen LogP contribution in [0.1, 0.15) is 18.5 Å². The Morgan fingerprint density at radius 1 is 1.30 bits per heavy atom. The molecule has 0 aliphatic carbocycles. The van der Waals surface area contributed by atoms with Gasteiger partial charge in [0, 0.05) is 7.05 Å². The van der Waals surface area contributed by atoms with E-state index in [4.69, 9.17) is 16.3 Å². The molecule has 27 heavy (non-hydrogen) atoms. The molecule has 0 saturated carbocycles. The van der Waals surface area contributed by atoms with E-state index in [-0.39, 0.29) is 29.3 Å². The first-order valence-electron chi connectivity index (χ1n) is 8.24. The van der Waals surface area contributed by atoms with Gasteiger partial charge in [0.25, 0.3) is 5.91 Å². The Hall–Kier alpha value is -2.93. The molecule has 2 aromatic carbocycles. The monoisotopic (exact) mass is 388 g/mol. The van der Waals surface area contributed by atoms with Crippen molar-refractivity contribution in [1.82, 2.24) is 19.7 Å². The van der Waals surface area contributed by atoms with E-state index in [9.17, 15) is 9.18 Å². The summed E-state index contributed by atoms with van der Waals surface area (Å²) in [4.78, 5) is 17.9. The first-order chi connectivity index (χ1) is 13.0. The van der Waals surface area contributed by atoms with Crippen molar-refractivity contribution in [1.29, 1.82) is 0 Å². The van der Waals surface area contributed by atoms with E-state index in [2.05, 4.69) is 10.1 Å². The summed E-state index contributed by atoms with van der Waals surface area (Å²) in [5.41, 5.74) is 1.85. The van der Waals surface area contributed by atoms with Gasteiger partial charge >= 0.3 is 0 Å². The van der Waals surface area contributed by atoms with Crippen LogP contribution in [0.4, 0.5) is 4.39 Å². The van der Waals surface area contributed by atoms with E-state index < -0.39 is 5.82 Å². The maximum absolute atomic E-state index is 13.1. The van der Waals surface area contributed by atoms with Gasteiger partial charge in [0.1, 0.15) is 24.2 Å². The maximum atomic E-state index is 13.1. The van der Waals surface area contributed by atoms with Gasteiger partial charge in [-0.3, -0.25) is 4.79 Å². The molecule has 0 aliphatic rings. The SMILES string of the molecule is C[C@@H](c1ccc(-n2cncn2)cc1)N(C)C(=O)COc1ccc(F)cc1Cl. The first-order valence-corrected chi connectivity index (χ1v) is 8.62. The summed E-state index contributed by atoms with van der Waals surface area (Å²) in [5, 5.41) is 4.21. The highest BCUT2D eigenvalue weighted by molar-refractivity contribution is 6.32. The number of halogens is 2. The summed E-state index contributed by atoms with van der Waals surface area (Å²) < 4.78 is 20.1. The number of hydrogen-bond acceptors (Lipinski definition) is 4. The zero-order valence-corrected chi connectivity index (χ0v) is 15.6. The van der Waals surface area contributed by atoms with E-state index in [1.165, 1.54) is 18.5 Å². The lowest BCUT2D eigenvalue weighted by molar-refractivity contribution is -0.134. The normalized spacial score (nSPS) is 11.9. The van der Waals surface area contributed by atoms with Crippen LogP contribution < -0.4 is 4.74 Å². The minimum atomic E-state index is -0.459. The second-order valence-electron chi connectivity index (χ2n) is 5.98. The van der Waals surface area contributed by atoms with Crippen molar-refractivity contribution in [2.75, 3.05) is 13.7 Å². The standard InChI is InChI=1S/C19H18ClFN4O2/c1-13(14-3-6-16(7-4-14)25-12-22-11-23-25)24(2)19(26)10-27-18-8-5-15(21)9-17(18)20/h3-9,11-13H,10H2,1-2H3/t13-/m0/s1. The van der Waals surface area contributed by atoms with Crippen LogP contribution in [0.15, 0.2) is 55.1 Å². The van der Waals surface area contributed by atoms with E-state index in [1.54, 1.807) is 23.0 Å². The molecule has 1 heterocycles. The highest BCUT2D eigenvalue weighted by atomic mass is 35.5. The van der Waals surface area contributed by atoms with Crippen molar-refractivity contribution in [3.8, 4) is 11.4 Å². The van der Waals surface area contributed by atoms with Crippen molar-refractivity contribution >= 4 is 17.5 Å². The number of carbonyl (C=O) groups excluding carboxylic acids is 1. The van der Waals surface area contributed by atoms with Crippen LogP contribution in [0.5, 0.6) is 5.75 Å². The third-order valence-electron chi connectivity index (χ3n) is 4.28. The largest absolute Gasteiger partial charge is 0.482 e. The molecule has 0 unspecified atom stereocenters. The molecular weight excluding hydrogens is 371 g/mol. The number of hydrogen-bond donors (Lipinski definition) is 0. The van der Waals surface area contributed by atoms with Crippen LogP contribution in [0.25, 0.3) is 5.69 Å². The Labute approximate surface area is 161 Å². The molecule has 3 aromatic rings. The molecule has 0 aliphatic heterocycles. The summed E-state index contributed by atoms with van der Waals surface area (Å²) in [6.45, 7) is 1.73. The minimum absolute atomic E-state index is 0.127. The number of rotatable bonds is 6. The quantitative estimate of drug-likeness (QED) is 0.646. The number of carbonyl (C=O) groups is 1. The number of nitrogens with zero attached hydrogens (tertiary/aromatic N) is 4. The smallest absolute Gasteiger partial charge is 0.260 e. The van der Waals surface area contributed by atoms with Crippen LogP contribution in [0, 0.1) is 5.82 Å². The number of aromatic nitrogens is 3. The summed E-state index contributed by atoms with van der Waals surface area (Å²) >= 11 is 5.91. The fourth-order valence-electron chi connectivity index (χ4n) is 2.52. The molecule has 3 rings (SSSR count). The van der Waals surface area contributed by atoms with Crippen LogP contribution in [-0.4, -0.2) is 39.2 Å². The summed E-state index contributed by atoms with van der Waals surface area (Å²) in [7, 11) is 1.70.